The van der Waals surface area contributed by atoms with Crippen LogP contribution < -0.4 is 0 Å². The Morgan fingerprint density at radius 2 is 1.81 bits per heavy atom. The molecule has 1 heterocycles. The second-order valence-corrected chi connectivity index (χ2v) is 10.5. The maximum Gasteiger partial charge on any atom is 0.306 e. The second kappa shape index (κ2) is 5.36. The molecule has 1 aliphatic heterocycles. The van der Waals surface area contributed by atoms with Crippen molar-refractivity contribution in [2.45, 2.75) is 78.2 Å². The molecule has 3 heteroatoms. The van der Waals surface area contributed by atoms with Crippen molar-refractivity contribution >= 4 is 11.8 Å². The number of rotatable bonds is 0. The number of hydrogen-bond donors (Lipinski definition) is 0. The van der Waals surface area contributed by atoms with Crippen molar-refractivity contribution in [2.24, 2.45) is 34.5 Å². The minimum atomic E-state index is -0.237. The van der Waals surface area contributed by atoms with Crippen LogP contribution in [0.4, 0.5) is 0 Å². The molecule has 2 saturated carbocycles. The Morgan fingerprint density at radius 1 is 1.04 bits per heavy atom. The van der Waals surface area contributed by atoms with Gasteiger partial charge in [0.25, 0.3) is 0 Å². The number of esters is 1. The molecule has 0 aromatic carbocycles. The van der Waals surface area contributed by atoms with Crippen molar-refractivity contribution in [3.63, 3.8) is 0 Å². The van der Waals surface area contributed by atoms with E-state index in [0.29, 0.717) is 42.3 Å². The molecule has 5 aliphatic rings. The minimum Gasteiger partial charge on any atom is -0.458 e. The predicted molar refractivity (Wildman–Crippen MR) is 104 cm³/mol. The van der Waals surface area contributed by atoms with Crippen molar-refractivity contribution in [1.29, 1.82) is 0 Å². The van der Waals surface area contributed by atoms with E-state index in [0.717, 1.165) is 32.1 Å². The lowest BCUT2D eigenvalue weighted by Gasteiger charge is -2.58. The van der Waals surface area contributed by atoms with Crippen LogP contribution in [0, 0.1) is 34.5 Å². The highest BCUT2D eigenvalue weighted by atomic mass is 16.6. The average molecular weight is 369 g/mol. The van der Waals surface area contributed by atoms with E-state index >= 15 is 0 Å². The van der Waals surface area contributed by atoms with Crippen LogP contribution in [0.25, 0.3) is 0 Å². The van der Waals surface area contributed by atoms with E-state index in [2.05, 4.69) is 33.8 Å². The molecule has 1 saturated heterocycles. The van der Waals surface area contributed by atoms with E-state index in [-0.39, 0.29) is 22.4 Å². The summed E-state index contributed by atoms with van der Waals surface area (Å²) in [5, 5.41) is 0. The van der Waals surface area contributed by atoms with Gasteiger partial charge in [0.1, 0.15) is 5.60 Å². The van der Waals surface area contributed by atoms with Crippen LogP contribution in [-0.2, 0) is 14.3 Å². The van der Waals surface area contributed by atoms with E-state index in [9.17, 15) is 9.59 Å². The lowest BCUT2D eigenvalue weighted by Crippen LogP contribution is -2.53. The third-order valence-electron chi connectivity index (χ3n) is 9.61. The Hall–Kier alpha value is -1.38. The molecule has 27 heavy (non-hydrogen) atoms. The number of carbonyl (C=O) groups excluding carboxylic acids is 2. The molecule has 146 valence electrons. The van der Waals surface area contributed by atoms with Gasteiger partial charge in [-0.2, -0.15) is 0 Å². The zero-order valence-corrected chi connectivity index (χ0v) is 17.1. The fraction of sp³-hybridized carbons (Fsp3) is 0.750. The summed E-state index contributed by atoms with van der Waals surface area (Å²) in [4.78, 5) is 24.2. The van der Waals surface area contributed by atoms with Crippen LogP contribution in [-0.4, -0.2) is 17.4 Å². The molecule has 6 unspecified atom stereocenters. The summed E-state index contributed by atoms with van der Waals surface area (Å²) in [6.07, 6.45) is 10.8. The summed E-state index contributed by atoms with van der Waals surface area (Å²) in [5.74, 6) is 2.40. The van der Waals surface area contributed by atoms with Gasteiger partial charge in [-0.05, 0) is 61.9 Å². The molecular formula is C24H32O3. The van der Waals surface area contributed by atoms with Gasteiger partial charge in [-0.25, -0.2) is 0 Å². The Bertz CT molecular complexity index is 791. The number of allylic oxidation sites excluding steroid dienone is 4. The number of carbonyl (C=O) groups is 2. The lowest BCUT2D eigenvalue weighted by atomic mass is 9.46. The number of ketones is 1. The third kappa shape index (κ3) is 2.04. The van der Waals surface area contributed by atoms with Gasteiger partial charge in [0.15, 0.2) is 5.78 Å². The average Bonchev–Trinajstić information content (AvgIpc) is 3.15. The minimum absolute atomic E-state index is 0.000290. The first kappa shape index (κ1) is 17.7. The van der Waals surface area contributed by atoms with E-state index in [1.165, 1.54) is 5.57 Å². The highest BCUT2D eigenvalue weighted by Crippen LogP contribution is 2.69. The first-order chi connectivity index (χ1) is 12.7. The maximum absolute atomic E-state index is 12.2. The van der Waals surface area contributed by atoms with Gasteiger partial charge in [-0.15, -0.1) is 0 Å². The van der Waals surface area contributed by atoms with Crippen molar-refractivity contribution < 1.29 is 14.3 Å². The first-order valence-corrected chi connectivity index (χ1v) is 10.9. The summed E-state index contributed by atoms with van der Waals surface area (Å²) in [6.45, 7) is 9.50. The normalized spacial score (nSPS) is 51.3. The highest BCUT2D eigenvalue weighted by Gasteiger charge is 2.66. The van der Waals surface area contributed by atoms with Crippen LogP contribution in [0.15, 0.2) is 23.3 Å². The summed E-state index contributed by atoms with van der Waals surface area (Å²) < 4.78 is 6.05. The molecular weight excluding hydrogens is 336 g/mol. The Labute approximate surface area is 162 Å². The van der Waals surface area contributed by atoms with Crippen molar-refractivity contribution in [3.05, 3.63) is 23.3 Å². The Balaban J connectivity index is 1.62. The van der Waals surface area contributed by atoms with Crippen LogP contribution in [0.2, 0.25) is 0 Å². The largest absolute Gasteiger partial charge is 0.458 e. The van der Waals surface area contributed by atoms with Crippen LogP contribution in [0.5, 0.6) is 0 Å². The summed E-state index contributed by atoms with van der Waals surface area (Å²) in [6, 6.07) is 0. The van der Waals surface area contributed by atoms with E-state index in [1.807, 2.05) is 6.08 Å². The molecule has 0 aromatic heterocycles. The monoisotopic (exact) mass is 368 g/mol. The van der Waals surface area contributed by atoms with Crippen LogP contribution in [0.3, 0.4) is 0 Å². The van der Waals surface area contributed by atoms with Gasteiger partial charge in [0.2, 0.25) is 0 Å². The van der Waals surface area contributed by atoms with Crippen LogP contribution >= 0.6 is 0 Å². The Morgan fingerprint density at radius 3 is 2.52 bits per heavy atom. The molecule has 0 radical (unpaired) electrons. The molecule has 0 N–H and O–H groups in total. The molecule has 3 fully saturated rings. The Kier molecular flexibility index (Phi) is 3.51. The van der Waals surface area contributed by atoms with Gasteiger partial charge in [-0.1, -0.05) is 44.9 Å². The molecule has 5 rings (SSSR count). The zero-order valence-electron chi connectivity index (χ0n) is 17.1. The van der Waals surface area contributed by atoms with E-state index in [1.54, 1.807) is 5.57 Å². The number of fused-ring (bicyclic) bond motifs is 6. The summed E-state index contributed by atoms with van der Waals surface area (Å²) >= 11 is 0. The quantitative estimate of drug-likeness (QED) is 0.446. The fourth-order valence-corrected chi connectivity index (χ4v) is 7.83. The molecule has 0 bridgehead atoms. The van der Waals surface area contributed by atoms with Crippen molar-refractivity contribution in [1.82, 2.24) is 0 Å². The summed E-state index contributed by atoms with van der Waals surface area (Å²) in [5.41, 5.74) is 2.84. The molecule has 7 atom stereocenters. The fourth-order valence-electron chi connectivity index (χ4n) is 7.83. The first-order valence-electron chi connectivity index (χ1n) is 10.9. The summed E-state index contributed by atoms with van der Waals surface area (Å²) in [7, 11) is 0. The topological polar surface area (TPSA) is 43.4 Å². The van der Waals surface area contributed by atoms with Gasteiger partial charge in [0, 0.05) is 23.7 Å². The number of hydrogen-bond acceptors (Lipinski definition) is 3. The lowest BCUT2D eigenvalue weighted by molar-refractivity contribution is -0.161. The van der Waals surface area contributed by atoms with Gasteiger partial charge in [0.05, 0.1) is 0 Å². The van der Waals surface area contributed by atoms with Crippen molar-refractivity contribution in [2.75, 3.05) is 0 Å². The van der Waals surface area contributed by atoms with Gasteiger partial charge in [-0.3, -0.25) is 9.59 Å². The predicted octanol–water partition coefficient (Wildman–Crippen LogP) is 5.01. The zero-order chi connectivity index (χ0) is 19.2. The smallest absolute Gasteiger partial charge is 0.306 e. The van der Waals surface area contributed by atoms with Gasteiger partial charge < -0.3 is 4.74 Å². The molecule has 0 amide bonds. The highest BCUT2D eigenvalue weighted by molar-refractivity contribution is 5.92. The third-order valence-corrected chi connectivity index (χ3v) is 9.61. The number of ether oxygens (including phenoxy) is 1. The van der Waals surface area contributed by atoms with Crippen LogP contribution in [0.1, 0.15) is 72.6 Å². The molecule has 4 aliphatic carbocycles. The standard InChI is InChI=1S/C24H32O3/c1-14-15(2)21-17(22(3)9-5-16(25)13-19(14)22)6-10-23(4)18(21)7-11-24(23)12-8-20(26)27-24/h6,13-15,18,21H,5,7-12H2,1-4H3/t14?,15?,18?,21?,22?,23?,24-/m1/s1. The van der Waals surface area contributed by atoms with Crippen molar-refractivity contribution in [3.8, 4) is 0 Å². The van der Waals surface area contributed by atoms with E-state index in [4.69, 9.17) is 4.74 Å². The van der Waals surface area contributed by atoms with Gasteiger partial charge >= 0.3 is 5.97 Å². The van der Waals surface area contributed by atoms with E-state index < -0.39 is 0 Å². The molecule has 1 spiro atoms. The molecule has 0 aromatic rings. The molecule has 3 nitrogen and oxygen atoms in total. The SMILES string of the molecule is CC1C2=CC(=O)CCC2(C)C2=CCC3(C)C(CC[C@@]34CCC(=O)O4)C2C1C. The maximum atomic E-state index is 12.2. The second-order valence-electron chi connectivity index (χ2n) is 10.5.